The lowest BCUT2D eigenvalue weighted by molar-refractivity contribution is -0.138. The Morgan fingerprint density at radius 2 is 1.62 bits per heavy atom. The number of hydrogen-bond donors (Lipinski definition) is 0. The molecule has 172 valence electrons. The highest BCUT2D eigenvalue weighted by Gasteiger charge is 2.32. The summed E-state index contributed by atoms with van der Waals surface area (Å²) in [7, 11) is -0.577. The van der Waals surface area contributed by atoms with Crippen molar-refractivity contribution >= 4 is 21.9 Å². The number of benzene rings is 2. The van der Waals surface area contributed by atoms with E-state index >= 15 is 0 Å². The van der Waals surface area contributed by atoms with Crippen LogP contribution < -0.4 is 0 Å². The lowest BCUT2D eigenvalue weighted by atomic mass is 9.94. The molecule has 1 aliphatic rings. The van der Waals surface area contributed by atoms with Crippen molar-refractivity contribution < 1.29 is 22.7 Å². The monoisotopic (exact) mass is 458 g/mol. The third-order valence-corrected chi connectivity index (χ3v) is 7.36. The number of piperidine rings is 1. The minimum absolute atomic E-state index is 0.0449. The Labute approximate surface area is 190 Å². The zero-order valence-corrected chi connectivity index (χ0v) is 19.7. The molecule has 0 bridgehead atoms. The van der Waals surface area contributed by atoms with Gasteiger partial charge in [0.15, 0.2) is 0 Å². The molecule has 0 N–H and O–H groups in total. The maximum Gasteiger partial charge on any atom is 0.339 e. The third-order valence-electron chi connectivity index (χ3n) is 5.54. The quantitative estimate of drug-likeness (QED) is 0.620. The number of carbonyl (C=O) groups is 2. The van der Waals surface area contributed by atoms with Crippen LogP contribution in [-0.2, 0) is 19.6 Å². The van der Waals surface area contributed by atoms with Crippen molar-refractivity contribution in [3.05, 3.63) is 65.7 Å². The minimum atomic E-state index is -3.74. The van der Waals surface area contributed by atoms with E-state index in [9.17, 15) is 18.0 Å². The van der Waals surface area contributed by atoms with Crippen molar-refractivity contribution in [3.8, 4) is 0 Å². The summed E-state index contributed by atoms with van der Waals surface area (Å²) in [6.07, 6.45) is -0.137. The number of rotatable bonds is 6. The second kappa shape index (κ2) is 9.83. The molecular formula is C24H30N2O5S. The second-order valence-electron chi connectivity index (χ2n) is 8.72. The van der Waals surface area contributed by atoms with Gasteiger partial charge in [0, 0.05) is 32.7 Å². The zero-order valence-electron chi connectivity index (χ0n) is 18.9. The summed E-state index contributed by atoms with van der Waals surface area (Å²) >= 11 is 0. The van der Waals surface area contributed by atoms with Crippen LogP contribution in [0.5, 0.6) is 0 Å². The molecule has 0 spiro atoms. The maximum atomic E-state index is 13.2. The number of esters is 1. The first-order valence-electron chi connectivity index (χ1n) is 10.7. The Bertz CT molecular complexity index is 1060. The van der Waals surface area contributed by atoms with E-state index in [0.717, 1.165) is 6.42 Å². The largest absolute Gasteiger partial charge is 0.444 e. The summed E-state index contributed by atoms with van der Waals surface area (Å²) in [5.41, 5.74) is 0.622. The first-order chi connectivity index (χ1) is 15.1. The lowest BCUT2D eigenvalue weighted by Gasteiger charge is -2.34. The number of amides is 1. The van der Waals surface area contributed by atoms with Crippen molar-refractivity contribution in [1.82, 2.24) is 9.21 Å². The second-order valence-corrected chi connectivity index (χ2v) is 10.7. The van der Waals surface area contributed by atoms with Crippen molar-refractivity contribution in [2.45, 2.75) is 31.3 Å². The molecule has 1 fully saturated rings. The van der Waals surface area contributed by atoms with E-state index in [-0.39, 0.29) is 28.2 Å². The molecule has 7 nitrogen and oxygen atoms in total. The van der Waals surface area contributed by atoms with E-state index < -0.39 is 22.1 Å². The van der Waals surface area contributed by atoms with Gasteiger partial charge in [-0.2, -0.15) is 4.31 Å². The summed E-state index contributed by atoms with van der Waals surface area (Å²) < 4.78 is 33.5. The van der Waals surface area contributed by atoms with Gasteiger partial charge < -0.3 is 9.64 Å². The predicted octanol–water partition coefficient (Wildman–Crippen LogP) is 3.34. The number of nitrogens with zero attached hydrogens (tertiary/aromatic N) is 2. The maximum absolute atomic E-state index is 13.2. The van der Waals surface area contributed by atoms with Gasteiger partial charge in [-0.3, -0.25) is 4.79 Å². The highest BCUT2D eigenvalue weighted by Crippen LogP contribution is 2.28. The van der Waals surface area contributed by atoms with E-state index in [1.165, 1.54) is 33.5 Å². The van der Waals surface area contributed by atoms with Gasteiger partial charge in [0.2, 0.25) is 16.1 Å². The molecule has 0 saturated carbocycles. The summed E-state index contributed by atoms with van der Waals surface area (Å²) in [5.74, 6) is -0.605. The average Bonchev–Trinajstić information content (AvgIpc) is 2.76. The van der Waals surface area contributed by atoms with Crippen LogP contribution in [0, 0.1) is 11.8 Å². The molecule has 32 heavy (non-hydrogen) atoms. The van der Waals surface area contributed by atoms with Gasteiger partial charge in [-0.25, -0.2) is 13.2 Å². The van der Waals surface area contributed by atoms with Gasteiger partial charge in [0.05, 0.1) is 10.5 Å². The van der Waals surface area contributed by atoms with E-state index in [1.54, 1.807) is 44.4 Å². The molecule has 1 saturated heterocycles. The Hall–Kier alpha value is -2.71. The Morgan fingerprint density at radius 3 is 2.22 bits per heavy atom. The van der Waals surface area contributed by atoms with E-state index in [2.05, 4.69) is 0 Å². The number of likely N-dealkylation sites (N-methyl/N-ethyl adjacent to an activating group) is 1. The summed E-state index contributed by atoms with van der Waals surface area (Å²) in [6, 6.07) is 14.5. The van der Waals surface area contributed by atoms with Crippen LogP contribution in [-0.4, -0.2) is 56.7 Å². The first-order valence-corrected chi connectivity index (χ1v) is 12.1. The SMILES string of the molecule is C[C@@H]1C[C@@H](C)CN(S(=O)(=O)c2cccc(C(=O)O[C@@H](C(=O)N(C)C)c3ccccc3)c2)C1. The van der Waals surface area contributed by atoms with Gasteiger partial charge in [-0.05, 0) is 36.5 Å². The van der Waals surface area contributed by atoms with Gasteiger partial charge in [-0.15, -0.1) is 0 Å². The molecule has 0 aliphatic carbocycles. The normalized spacial score (nSPS) is 20.4. The van der Waals surface area contributed by atoms with Crippen molar-refractivity contribution in [2.24, 2.45) is 11.8 Å². The highest BCUT2D eigenvalue weighted by atomic mass is 32.2. The number of carbonyl (C=O) groups excluding carboxylic acids is 2. The van der Waals surface area contributed by atoms with Gasteiger partial charge in [0.25, 0.3) is 5.91 Å². The van der Waals surface area contributed by atoms with E-state index in [1.807, 2.05) is 13.8 Å². The lowest BCUT2D eigenvalue weighted by Crippen LogP contribution is -2.42. The molecule has 1 heterocycles. The molecule has 2 aromatic carbocycles. The average molecular weight is 459 g/mol. The number of ether oxygens (including phenoxy) is 1. The van der Waals surface area contributed by atoms with Crippen LogP contribution >= 0.6 is 0 Å². The van der Waals surface area contributed by atoms with Crippen molar-refractivity contribution in [3.63, 3.8) is 0 Å². The standard InChI is InChI=1S/C24H30N2O5S/c1-17-13-18(2)16-26(15-17)32(29,30)21-12-8-11-20(14-21)24(28)31-22(23(27)25(3)4)19-9-6-5-7-10-19/h5-12,14,17-18,22H,13,15-16H2,1-4H3/t17-,18-,22-/m1/s1. The number of sulfonamides is 1. The Morgan fingerprint density at radius 1 is 1.00 bits per heavy atom. The minimum Gasteiger partial charge on any atom is -0.444 e. The molecule has 0 radical (unpaired) electrons. The molecule has 1 amide bonds. The van der Waals surface area contributed by atoms with Crippen molar-refractivity contribution in [2.75, 3.05) is 27.2 Å². The van der Waals surface area contributed by atoms with Gasteiger partial charge in [0.1, 0.15) is 0 Å². The van der Waals surface area contributed by atoms with E-state index in [4.69, 9.17) is 4.74 Å². The molecule has 0 aromatic heterocycles. The van der Waals surface area contributed by atoms with E-state index in [0.29, 0.717) is 18.7 Å². The zero-order chi connectivity index (χ0) is 23.5. The van der Waals surface area contributed by atoms with Crippen LogP contribution in [0.25, 0.3) is 0 Å². The molecule has 1 aliphatic heterocycles. The molecule has 8 heteroatoms. The van der Waals surface area contributed by atoms with Crippen LogP contribution in [0.15, 0.2) is 59.5 Å². The molecule has 0 unspecified atom stereocenters. The fourth-order valence-electron chi connectivity index (χ4n) is 4.03. The molecule has 2 aromatic rings. The third kappa shape index (κ3) is 5.37. The number of hydrogen-bond acceptors (Lipinski definition) is 5. The Balaban J connectivity index is 1.86. The first kappa shape index (κ1) is 23.9. The van der Waals surface area contributed by atoms with Crippen LogP contribution in [0.1, 0.15) is 42.3 Å². The smallest absolute Gasteiger partial charge is 0.339 e. The van der Waals surface area contributed by atoms with Gasteiger partial charge in [-0.1, -0.05) is 50.2 Å². The summed E-state index contributed by atoms with van der Waals surface area (Å²) in [6.45, 7) is 4.98. The van der Waals surface area contributed by atoms with Crippen LogP contribution in [0.4, 0.5) is 0 Å². The van der Waals surface area contributed by atoms with Crippen LogP contribution in [0.3, 0.4) is 0 Å². The highest BCUT2D eigenvalue weighted by molar-refractivity contribution is 7.89. The molecule has 3 atom stereocenters. The van der Waals surface area contributed by atoms with Crippen LogP contribution in [0.2, 0.25) is 0 Å². The topological polar surface area (TPSA) is 84.0 Å². The van der Waals surface area contributed by atoms with Gasteiger partial charge >= 0.3 is 5.97 Å². The summed E-state index contributed by atoms with van der Waals surface area (Å²) in [5, 5.41) is 0. The fourth-order valence-corrected chi connectivity index (χ4v) is 5.76. The fraction of sp³-hybridized carbons (Fsp3) is 0.417. The predicted molar refractivity (Wildman–Crippen MR) is 121 cm³/mol. The van der Waals surface area contributed by atoms with Crippen molar-refractivity contribution in [1.29, 1.82) is 0 Å². The molecular weight excluding hydrogens is 428 g/mol. The molecule has 3 rings (SSSR count). The Kier molecular flexibility index (Phi) is 7.36. The summed E-state index contributed by atoms with van der Waals surface area (Å²) in [4.78, 5) is 27.0.